The Labute approximate surface area is 145 Å². The maximum atomic E-state index is 11.9. The summed E-state index contributed by atoms with van der Waals surface area (Å²) in [6.45, 7) is 5.19. The smallest absolute Gasteiger partial charge is 0.222 e. The highest BCUT2D eigenvalue weighted by Gasteiger charge is 2.25. The van der Waals surface area contributed by atoms with Crippen molar-refractivity contribution in [3.63, 3.8) is 0 Å². The lowest BCUT2D eigenvalue weighted by molar-refractivity contribution is -0.134. The number of hydrogen-bond acceptors (Lipinski definition) is 3. The lowest BCUT2D eigenvalue weighted by atomic mass is 9.95. The fourth-order valence-corrected chi connectivity index (χ4v) is 3.64. The van der Waals surface area contributed by atoms with Crippen LogP contribution < -0.4 is 5.73 Å². The number of nitrogens with zero attached hydrogens (tertiary/aromatic N) is 2. The minimum atomic E-state index is 0. The van der Waals surface area contributed by atoms with Gasteiger partial charge in [0.15, 0.2) is 0 Å². The highest BCUT2D eigenvalue weighted by Crippen LogP contribution is 2.22. The maximum absolute atomic E-state index is 11.9. The van der Waals surface area contributed by atoms with E-state index in [0.717, 1.165) is 51.3 Å². The number of rotatable bonds is 4. The first-order chi connectivity index (χ1) is 10.7. The molecule has 1 amide bonds. The topological polar surface area (TPSA) is 49.6 Å². The third-order valence-corrected chi connectivity index (χ3v) is 4.96. The van der Waals surface area contributed by atoms with Crippen molar-refractivity contribution in [3.05, 3.63) is 29.8 Å². The number of carbonyl (C=O) groups excluding carboxylic acids is 1. The summed E-state index contributed by atoms with van der Waals surface area (Å²) in [5.74, 6) is 1.05. The van der Waals surface area contributed by atoms with Crippen LogP contribution in [0.4, 0.5) is 5.69 Å². The van der Waals surface area contributed by atoms with Crippen LogP contribution in [0.25, 0.3) is 0 Å². The predicted molar refractivity (Wildman–Crippen MR) is 96.5 cm³/mol. The number of likely N-dealkylation sites (tertiary alicyclic amines) is 2. The molecule has 2 aliphatic heterocycles. The second-order valence-electron chi connectivity index (χ2n) is 6.76. The lowest BCUT2D eigenvalue weighted by Gasteiger charge is -2.36. The van der Waals surface area contributed by atoms with E-state index in [-0.39, 0.29) is 12.4 Å². The van der Waals surface area contributed by atoms with Gasteiger partial charge in [0.05, 0.1) is 0 Å². The van der Waals surface area contributed by atoms with Gasteiger partial charge >= 0.3 is 0 Å². The highest BCUT2D eigenvalue weighted by atomic mass is 35.5. The van der Waals surface area contributed by atoms with Crippen LogP contribution in [0.5, 0.6) is 0 Å². The lowest BCUT2D eigenvalue weighted by Crippen LogP contribution is -2.42. The molecule has 23 heavy (non-hydrogen) atoms. The van der Waals surface area contributed by atoms with Crippen molar-refractivity contribution in [1.82, 2.24) is 9.80 Å². The van der Waals surface area contributed by atoms with E-state index in [0.29, 0.717) is 11.8 Å². The Morgan fingerprint density at radius 2 is 1.91 bits per heavy atom. The van der Waals surface area contributed by atoms with Gasteiger partial charge in [0.1, 0.15) is 0 Å². The van der Waals surface area contributed by atoms with Crippen molar-refractivity contribution in [3.8, 4) is 0 Å². The van der Waals surface area contributed by atoms with E-state index in [1.54, 1.807) is 0 Å². The molecular formula is C18H28ClN3O. The molecule has 2 aliphatic rings. The van der Waals surface area contributed by atoms with E-state index in [4.69, 9.17) is 5.73 Å². The maximum Gasteiger partial charge on any atom is 0.222 e. The zero-order valence-corrected chi connectivity index (χ0v) is 14.6. The van der Waals surface area contributed by atoms with Crippen LogP contribution in [0, 0.1) is 5.92 Å². The summed E-state index contributed by atoms with van der Waals surface area (Å²) < 4.78 is 0. The van der Waals surface area contributed by atoms with E-state index in [1.807, 2.05) is 12.1 Å². The molecule has 5 heteroatoms. The molecule has 0 radical (unpaired) electrons. The van der Waals surface area contributed by atoms with E-state index >= 15 is 0 Å². The molecule has 2 fully saturated rings. The Hall–Kier alpha value is -1.26. The molecule has 2 saturated heterocycles. The minimum Gasteiger partial charge on any atom is -0.399 e. The molecule has 0 atom stereocenters. The Morgan fingerprint density at radius 1 is 1.13 bits per heavy atom. The van der Waals surface area contributed by atoms with Gasteiger partial charge in [0.25, 0.3) is 0 Å². The fraction of sp³-hybridized carbons (Fsp3) is 0.611. The summed E-state index contributed by atoms with van der Waals surface area (Å²) in [6.07, 6.45) is 5.42. The molecule has 0 bridgehead atoms. The quantitative estimate of drug-likeness (QED) is 0.859. The summed E-state index contributed by atoms with van der Waals surface area (Å²) in [5.41, 5.74) is 7.99. The fourth-order valence-electron chi connectivity index (χ4n) is 3.64. The number of nitrogens with two attached hydrogens (primary N) is 1. The molecule has 128 valence electrons. The van der Waals surface area contributed by atoms with Crippen molar-refractivity contribution in [2.45, 2.75) is 38.6 Å². The van der Waals surface area contributed by atoms with Gasteiger partial charge in [-0.15, -0.1) is 12.4 Å². The zero-order chi connectivity index (χ0) is 15.4. The van der Waals surface area contributed by atoms with Crippen LogP contribution in [0.3, 0.4) is 0 Å². The largest absolute Gasteiger partial charge is 0.399 e. The summed E-state index contributed by atoms with van der Waals surface area (Å²) >= 11 is 0. The van der Waals surface area contributed by atoms with Gasteiger partial charge in [0, 0.05) is 31.7 Å². The first-order valence-corrected chi connectivity index (χ1v) is 8.55. The van der Waals surface area contributed by atoms with Gasteiger partial charge in [-0.2, -0.15) is 0 Å². The van der Waals surface area contributed by atoms with Crippen molar-refractivity contribution in [2.75, 3.05) is 31.9 Å². The second-order valence-corrected chi connectivity index (χ2v) is 6.76. The molecular weight excluding hydrogens is 310 g/mol. The Balaban J connectivity index is 0.00000192. The zero-order valence-electron chi connectivity index (χ0n) is 13.7. The average Bonchev–Trinajstić information content (AvgIpc) is 2.52. The summed E-state index contributed by atoms with van der Waals surface area (Å²) in [4.78, 5) is 16.5. The first-order valence-electron chi connectivity index (χ1n) is 8.55. The van der Waals surface area contributed by atoms with E-state index in [1.165, 1.54) is 24.8 Å². The number of carbonyl (C=O) groups is 1. The number of piperidine rings is 2. The van der Waals surface area contributed by atoms with Gasteiger partial charge < -0.3 is 10.6 Å². The molecule has 0 spiro atoms. The highest BCUT2D eigenvalue weighted by molar-refractivity contribution is 5.85. The molecule has 3 rings (SSSR count). The molecule has 2 heterocycles. The average molecular weight is 338 g/mol. The van der Waals surface area contributed by atoms with Crippen LogP contribution in [-0.2, 0) is 11.3 Å². The Morgan fingerprint density at radius 3 is 2.61 bits per heavy atom. The third-order valence-electron chi connectivity index (χ3n) is 4.96. The minimum absolute atomic E-state index is 0. The van der Waals surface area contributed by atoms with Gasteiger partial charge in [-0.25, -0.2) is 0 Å². The van der Waals surface area contributed by atoms with Crippen molar-refractivity contribution in [1.29, 1.82) is 0 Å². The van der Waals surface area contributed by atoms with Gasteiger partial charge in [-0.05, 0) is 62.4 Å². The van der Waals surface area contributed by atoms with E-state index in [9.17, 15) is 4.79 Å². The van der Waals surface area contributed by atoms with Crippen LogP contribution in [0.1, 0.15) is 37.7 Å². The summed E-state index contributed by atoms with van der Waals surface area (Å²) in [7, 11) is 0. The number of amides is 1. The van der Waals surface area contributed by atoms with E-state index in [2.05, 4.69) is 21.9 Å². The standard InChI is InChI=1S/C18H27N3O.ClH/c19-17-5-3-4-16(12-17)13-20-10-7-15(8-11-20)14-21-9-2-1-6-18(21)22;/h3-5,12,15H,1-2,6-11,13-14,19H2;1H. The summed E-state index contributed by atoms with van der Waals surface area (Å²) in [6, 6.07) is 8.18. The predicted octanol–water partition coefficient (Wildman–Crippen LogP) is 2.92. The molecule has 2 N–H and O–H groups in total. The normalized spacial score (nSPS) is 20.3. The van der Waals surface area contributed by atoms with Gasteiger partial charge in [0.2, 0.25) is 5.91 Å². The van der Waals surface area contributed by atoms with Crippen LogP contribution >= 0.6 is 12.4 Å². The van der Waals surface area contributed by atoms with Crippen LogP contribution in [0.2, 0.25) is 0 Å². The molecule has 1 aromatic carbocycles. The molecule has 0 aliphatic carbocycles. The molecule has 0 unspecified atom stereocenters. The Bertz CT molecular complexity index is 515. The van der Waals surface area contributed by atoms with Crippen molar-refractivity contribution < 1.29 is 4.79 Å². The Kier molecular flexibility index (Phi) is 6.72. The van der Waals surface area contributed by atoms with Crippen LogP contribution in [-0.4, -0.2) is 41.9 Å². The SMILES string of the molecule is Cl.Nc1cccc(CN2CCC(CN3CCCCC3=O)CC2)c1. The molecule has 0 aromatic heterocycles. The van der Waals surface area contributed by atoms with Crippen molar-refractivity contribution >= 4 is 24.0 Å². The van der Waals surface area contributed by atoms with Gasteiger partial charge in [-0.1, -0.05) is 12.1 Å². The van der Waals surface area contributed by atoms with Crippen molar-refractivity contribution in [2.24, 2.45) is 5.92 Å². The monoisotopic (exact) mass is 337 g/mol. The first kappa shape index (κ1) is 18.1. The number of nitrogen functional groups attached to an aromatic ring is 1. The number of hydrogen-bond donors (Lipinski definition) is 1. The third kappa shape index (κ3) is 5.11. The van der Waals surface area contributed by atoms with Gasteiger partial charge in [-0.3, -0.25) is 9.69 Å². The summed E-state index contributed by atoms with van der Waals surface area (Å²) in [5, 5.41) is 0. The second kappa shape index (κ2) is 8.55. The number of halogens is 1. The van der Waals surface area contributed by atoms with Crippen LogP contribution in [0.15, 0.2) is 24.3 Å². The molecule has 1 aromatic rings. The van der Waals surface area contributed by atoms with E-state index < -0.39 is 0 Å². The number of benzene rings is 1. The number of anilines is 1. The molecule has 4 nitrogen and oxygen atoms in total. The molecule has 0 saturated carbocycles.